The molecule has 0 saturated carbocycles. The van der Waals surface area contributed by atoms with Gasteiger partial charge in [-0.25, -0.2) is 4.79 Å². The number of nitrogens with zero attached hydrogens (tertiary/aromatic N) is 2. The van der Waals surface area contributed by atoms with Crippen molar-refractivity contribution in [1.82, 2.24) is 9.80 Å². The number of alkyl halides is 3. The van der Waals surface area contributed by atoms with E-state index in [0.717, 1.165) is 16.1 Å². The highest BCUT2D eigenvalue weighted by molar-refractivity contribution is 9.10. The van der Waals surface area contributed by atoms with Crippen molar-refractivity contribution in [3.63, 3.8) is 0 Å². The SMILES string of the molecule is CC(C)(C)OC(=O)N1CCN(Cc2ccc(NC(=O)CCc3ccc(Br)cc3)cc2C(F)(F)F)CC1. The molecule has 1 aliphatic rings. The van der Waals surface area contributed by atoms with Crippen molar-refractivity contribution in [2.75, 3.05) is 31.5 Å². The Morgan fingerprint density at radius 2 is 1.64 bits per heavy atom. The molecule has 2 aromatic carbocycles. The summed E-state index contributed by atoms with van der Waals surface area (Å²) in [5.41, 5.74) is -0.177. The maximum atomic E-state index is 13.8. The molecule has 1 heterocycles. The van der Waals surface area contributed by atoms with Crippen LogP contribution in [0.1, 0.15) is 43.9 Å². The number of amides is 2. The van der Waals surface area contributed by atoms with Crippen LogP contribution in [0.25, 0.3) is 0 Å². The Hall–Kier alpha value is -2.59. The van der Waals surface area contributed by atoms with Crippen molar-refractivity contribution in [2.24, 2.45) is 0 Å². The Morgan fingerprint density at radius 1 is 1.00 bits per heavy atom. The van der Waals surface area contributed by atoms with Crippen molar-refractivity contribution < 1.29 is 27.5 Å². The van der Waals surface area contributed by atoms with E-state index < -0.39 is 23.4 Å². The molecule has 0 unspecified atom stereocenters. The molecule has 3 rings (SSSR count). The van der Waals surface area contributed by atoms with Gasteiger partial charge in [0.25, 0.3) is 0 Å². The van der Waals surface area contributed by atoms with Crippen LogP contribution in [-0.2, 0) is 28.7 Å². The molecule has 0 aliphatic carbocycles. The van der Waals surface area contributed by atoms with Gasteiger partial charge >= 0.3 is 12.3 Å². The van der Waals surface area contributed by atoms with E-state index in [0.29, 0.717) is 32.6 Å². The molecular formula is C26H31BrF3N3O3. The van der Waals surface area contributed by atoms with Gasteiger partial charge in [0.1, 0.15) is 5.60 Å². The average Bonchev–Trinajstić information content (AvgIpc) is 2.78. The molecule has 36 heavy (non-hydrogen) atoms. The summed E-state index contributed by atoms with van der Waals surface area (Å²) in [5, 5.41) is 2.58. The standard InChI is InChI=1S/C26H31BrF3N3O3/c1-25(2,3)36-24(35)33-14-12-32(13-15-33)17-19-7-10-21(16-22(19)26(28,29)30)31-23(34)11-6-18-4-8-20(27)9-5-18/h4-5,7-10,16H,6,11-15,17H2,1-3H3,(H,31,34). The van der Waals surface area contributed by atoms with Crippen molar-refractivity contribution in [1.29, 1.82) is 0 Å². The number of carbonyl (C=O) groups is 2. The largest absolute Gasteiger partial charge is 0.444 e. The minimum Gasteiger partial charge on any atom is -0.444 e. The second-order valence-corrected chi connectivity index (χ2v) is 10.7. The monoisotopic (exact) mass is 569 g/mol. The van der Waals surface area contributed by atoms with E-state index in [2.05, 4.69) is 21.2 Å². The number of halogens is 4. The first-order valence-corrected chi connectivity index (χ1v) is 12.5. The van der Waals surface area contributed by atoms with E-state index >= 15 is 0 Å². The first kappa shape index (κ1) is 28.0. The topological polar surface area (TPSA) is 61.9 Å². The molecule has 0 aromatic heterocycles. The highest BCUT2D eigenvalue weighted by atomic mass is 79.9. The predicted molar refractivity (Wildman–Crippen MR) is 136 cm³/mol. The third-order valence-electron chi connectivity index (χ3n) is 5.67. The van der Waals surface area contributed by atoms with E-state index in [9.17, 15) is 22.8 Å². The van der Waals surface area contributed by atoms with Crippen LogP contribution in [-0.4, -0.2) is 53.6 Å². The van der Waals surface area contributed by atoms with E-state index in [4.69, 9.17) is 4.74 Å². The lowest BCUT2D eigenvalue weighted by Crippen LogP contribution is -2.49. The highest BCUT2D eigenvalue weighted by Gasteiger charge is 2.34. The molecule has 0 radical (unpaired) electrons. The van der Waals surface area contributed by atoms with Crippen LogP contribution in [0.5, 0.6) is 0 Å². The summed E-state index contributed by atoms with van der Waals surface area (Å²) in [7, 11) is 0. The predicted octanol–water partition coefficient (Wildman–Crippen LogP) is 6.09. The zero-order valence-corrected chi connectivity index (χ0v) is 22.2. The molecule has 2 amide bonds. The minimum atomic E-state index is -4.56. The fourth-order valence-corrected chi connectivity index (χ4v) is 4.11. The molecule has 1 aliphatic heterocycles. The molecule has 1 N–H and O–H groups in total. The zero-order valence-electron chi connectivity index (χ0n) is 20.6. The number of hydrogen-bond acceptors (Lipinski definition) is 4. The van der Waals surface area contributed by atoms with Crippen molar-refractivity contribution in [2.45, 2.75) is 51.9 Å². The Balaban J connectivity index is 1.59. The maximum Gasteiger partial charge on any atom is 0.416 e. The van der Waals surface area contributed by atoms with Crippen molar-refractivity contribution in [3.05, 3.63) is 63.6 Å². The first-order valence-electron chi connectivity index (χ1n) is 11.7. The molecule has 196 valence electrons. The van der Waals surface area contributed by atoms with Crippen LogP contribution in [0.15, 0.2) is 46.9 Å². The minimum absolute atomic E-state index is 0.0921. The summed E-state index contributed by atoms with van der Waals surface area (Å²) >= 11 is 3.35. The summed E-state index contributed by atoms with van der Waals surface area (Å²) in [6.07, 6.45) is -4.34. The number of nitrogens with one attached hydrogen (secondary N) is 1. The van der Waals surface area contributed by atoms with Gasteiger partial charge in [0.15, 0.2) is 0 Å². The quantitative estimate of drug-likeness (QED) is 0.457. The Labute approximate surface area is 217 Å². The summed E-state index contributed by atoms with van der Waals surface area (Å²) in [4.78, 5) is 28.0. The van der Waals surface area contributed by atoms with Gasteiger partial charge in [-0.3, -0.25) is 9.69 Å². The summed E-state index contributed by atoms with van der Waals surface area (Å²) in [5.74, 6) is -0.350. The molecular weight excluding hydrogens is 539 g/mol. The fraction of sp³-hybridized carbons (Fsp3) is 0.462. The zero-order chi connectivity index (χ0) is 26.5. The van der Waals surface area contributed by atoms with E-state index in [1.807, 2.05) is 29.2 Å². The van der Waals surface area contributed by atoms with Gasteiger partial charge in [-0.1, -0.05) is 34.1 Å². The molecule has 0 atom stereocenters. The molecule has 1 saturated heterocycles. The number of carbonyl (C=O) groups excluding carboxylic acids is 2. The fourth-order valence-electron chi connectivity index (χ4n) is 3.84. The Kier molecular flexibility index (Phi) is 9.05. The van der Waals surface area contributed by atoms with Gasteiger partial charge in [0, 0.05) is 49.3 Å². The van der Waals surface area contributed by atoms with Gasteiger partial charge in [-0.05, 0) is 62.6 Å². The molecule has 6 nitrogen and oxygen atoms in total. The lowest BCUT2D eigenvalue weighted by atomic mass is 10.0. The van der Waals surface area contributed by atoms with Gasteiger partial charge in [0.05, 0.1) is 5.56 Å². The third kappa shape index (κ3) is 8.51. The lowest BCUT2D eigenvalue weighted by Gasteiger charge is -2.36. The molecule has 2 aromatic rings. The number of anilines is 1. The third-order valence-corrected chi connectivity index (χ3v) is 6.20. The number of rotatable bonds is 6. The van der Waals surface area contributed by atoms with Crippen LogP contribution in [0, 0.1) is 0 Å². The van der Waals surface area contributed by atoms with Crippen molar-refractivity contribution in [3.8, 4) is 0 Å². The van der Waals surface area contributed by atoms with Gasteiger partial charge in [-0.2, -0.15) is 13.2 Å². The van der Waals surface area contributed by atoms with Crippen LogP contribution in [0.3, 0.4) is 0 Å². The normalized spacial score (nSPS) is 15.0. The van der Waals surface area contributed by atoms with E-state index in [-0.39, 0.29) is 30.1 Å². The van der Waals surface area contributed by atoms with Gasteiger partial charge < -0.3 is 15.0 Å². The van der Waals surface area contributed by atoms with E-state index in [1.165, 1.54) is 12.1 Å². The number of aryl methyl sites for hydroxylation is 1. The molecule has 0 spiro atoms. The summed E-state index contributed by atoms with van der Waals surface area (Å²) in [6.45, 7) is 7.08. The summed E-state index contributed by atoms with van der Waals surface area (Å²) in [6, 6.07) is 11.4. The average molecular weight is 570 g/mol. The Morgan fingerprint density at radius 3 is 2.22 bits per heavy atom. The van der Waals surface area contributed by atoms with Crippen LogP contribution in [0.4, 0.5) is 23.7 Å². The summed E-state index contributed by atoms with van der Waals surface area (Å²) < 4.78 is 47.8. The van der Waals surface area contributed by atoms with E-state index in [1.54, 1.807) is 25.7 Å². The van der Waals surface area contributed by atoms with Crippen LogP contribution < -0.4 is 5.32 Å². The molecule has 10 heteroatoms. The lowest BCUT2D eigenvalue weighted by molar-refractivity contribution is -0.138. The van der Waals surface area contributed by atoms with Crippen molar-refractivity contribution >= 4 is 33.6 Å². The highest BCUT2D eigenvalue weighted by Crippen LogP contribution is 2.34. The number of piperazine rings is 1. The van der Waals surface area contributed by atoms with Gasteiger partial charge in [0.2, 0.25) is 5.91 Å². The number of benzene rings is 2. The number of hydrogen-bond donors (Lipinski definition) is 1. The van der Waals surface area contributed by atoms with Crippen LogP contribution in [0.2, 0.25) is 0 Å². The van der Waals surface area contributed by atoms with Crippen LogP contribution >= 0.6 is 15.9 Å². The van der Waals surface area contributed by atoms with Gasteiger partial charge in [-0.15, -0.1) is 0 Å². The molecule has 1 fully saturated rings. The second kappa shape index (κ2) is 11.6. The number of ether oxygens (including phenoxy) is 1. The molecule has 0 bridgehead atoms. The smallest absolute Gasteiger partial charge is 0.416 e. The second-order valence-electron chi connectivity index (χ2n) is 9.79. The Bertz CT molecular complexity index is 1060. The maximum absolute atomic E-state index is 13.8. The first-order chi connectivity index (χ1) is 16.8.